The van der Waals surface area contributed by atoms with Crippen molar-refractivity contribution in [2.24, 2.45) is 0 Å². The van der Waals surface area contributed by atoms with E-state index in [0.717, 1.165) is 16.3 Å². The molecular formula is C23H29N2O5P. The molecule has 31 heavy (non-hydrogen) atoms. The molecule has 2 atom stereocenters. The first-order chi connectivity index (χ1) is 14.9. The normalized spacial score (nSPS) is 19.8. The lowest BCUT2D eigenvalue weighted by Crippen LogP contribution is -2.46. The molecule has 0 radical (unpaired) electrons. The van der Waals surface area contributed by atoms with Crippen molar-refractivity contribution in [1.82, 2.24) is 4.98 Å². The number of morpholine rings is 1. The number of oxazole rings is 1. The maximum Gasteiger partial charge on any atom is 0.385 e. The molecule has 0 N–H and O–H groups in total. The van der Waals surface area contributed by atoms with Crippen LogP contribution in [0.2, 0.25) is 0 Å². The first-order valence-corrected chi connectivity index (χ1v) is 12.3. The van der Waals surface area contributed by atoms with E-state index in [1.165, 1.54) is 0 Å². The Morgan fingerprint density at radius 2 is 1.68 bits per heavy atom. The summed E-state index contributed by atoms with van der Waals surface area (Å²) in [6.07, 6.45) is 0.00237. The van der Waals surface area contributed by atoms with E-state index >= 15 is 0 Å². The molecule has 0 spiro atoms. The molecule has 0 bridgehead atoms. The lowest BCUT2D eigenvalue weighted by molar-refractivity contribution is -0.00632. The Labute approximate surface area is 182 Å². The van der Waals surface area contributed by atoms with Crippen LogP contribution in [0.15, 0.2) is 46.9 Å². The van der Waals surface area contributed by atoms with Crippen LogP contribution in [0.1, 0.15) is 27.7 Å². The summed E-state index contributed by atoms with van der Waals surface area (Å²) in [4.78, 5) is 6.73. The van der Waals surface area contributed by atoms with Crippen molar-refractivity contribution < 1.29 is 22.8 Å². The summed E-state index contributed by atoms with van der Waals surface area (Å²) in [6, 6.07) is 14.0. The summed E-state index contributed by atoms with van der Waals surface area (Å²) in [7, 11) is -3.66. The summed E-state index contributed by atoms with van der Waals surface area (Å²) >= 11 is 0. The zero-order valence-electron chi connectivity index (χ0n) is 18.4. The number of anilines is 1. The highest BCUT2D eigenvalue weighted by Gasteiger charge is 2.39. The smallest absolute Gasteiger partial charge is 0.385 e. The zero-order chi connectivity index (χ0) is 22.0. The van der Waals surface area contributed by atoms with Crippen molar-refractivity contribution >= 4 is 29.7 Å². The molecule has 0 amide bonds. The van der Waals surface area contributed by atoms with Crippen LogP contribution in [0.3, 0.4) is 0 Å². The topological polar surface area (TPSA) is 74.0 Å². The van der Waals surface area contributed by atoms with Crippen LogP contribution in [0, 0.1) is 0 Å². The molecule has 1 aliphatic heterocycles. The Morgan fingerprint density at radius 3 is 2.35 bits per heavy atom. The van der Waals surface area contributed by atoms with E-state index in [-0.39, 0.29) is 30.9 Å². The summed E-state index contributed by atoms with van der Waals surface area (Å²) in [5, 5.41) is 2.09. The molecule has 2 heterocycles. The maximum absolute atomic E-state index is 13.7. The standard InChI is InChI=1S/C23H29N2O5P/c1-5-27-31(26,28-6-2)22-23(25-14-16(3)29-17(4)15-25)30-21(24-22)20-13-9-11-18-10-7-8-12-19(18)20/h7-13,16-17H,5-6,14-15H2,1-4H3/t16-,17+. The van der Waals surface area contributed by atoms with E-state index < -0.39 is 7.60 Å². The Morgan fingerprint density at radius 1 is 1.03 bits per heavy atom. The number of benzene rings is 2. The molecule has 7 nitrogen and oxygen atoms in total. The van der Waals surface area contributed by atoms with Gasteiger partial charge >= 0.3 is 7.60 Å². The van der Waals surface area contributed by atoms with Gasteiger partial charge in [-0.1, -0.05) is 36.4 Å². The summed E-state index contributed by atoms with van der Waals surface area (Å²) in [6.45, 7) is 9.27. The van der Waals surface area contributed by atoms with E-state index in [9.17, 15) is 4.57 Å². The van der Waals surface area contributed by atoms with Crippen LogP contribution >= 0.6 is 7.60 Å². The lowest BCUT2D eigenvalue weighted by atomic mass is 10.0. The van der Waals surface area contributed by atoms with Crippen molar-refractivity contribution in [3.63, 3.8) is 0 Å². The molecule has 3 aromatic rings. The van der Waals surface area contributed by atoms with E-state index in [2.05, 4.69) is 0 Å². The molecular weight excluding hydrogens is 415 g/mol. The monoisotopic (exact) mass is 444 g/mol. The number of rotatable bonds is 7. The predicted molar refractivity (Wildman–Crippen MR) is 122 cm³/mol. The van der Waals surface area contributed by atoms with Gasteiger partial charge in [-0.05, 0) is 44.5 Å². The van der Waals surface area contributed by atoms with E-state index in [1.807, 2.05) is 61.2 Å². The summed E-state index contributed by atoms with van der Waals surface area (Å²) < 4.78 is 37.2. The second kappa shape index (κ2) is 9.13. The third-order valence-electron chi connectivity index (χ3n) is 5.18. The Bertz CT molecular complexity index is 1070. The highest BCUT2D eigenvalue weighted by atomic mass is 31.2. The van der Waals surface area contributed by atoms with Crippen LogP contribution in [0.25, 0.3) is 22.2 Å². The Hall–Kier alpha value is -2.18. The van der Waals surface area contributed by atoms with Gasteiger partial charge in [-0.3, -0.25) is 4.57 Å². The van der Waals surface area contributed by atoms with Gasteiger partial charge in [-0.2, -0.15) is 4.98 Å². The highest BCUT2D eigenvalue weighted by molar-refractivity contribution is 7.62. The summed E-state index contributed by atoms with van der Waals surface area (Å²) in [5.74, 6) is 0.823. The SMILES string of the molecule is CCOP(=O)(OCC)c1nc(-c2cccc3ccccc23)oc1N1C[C@@H](C)O[C@@H](C)C1. The summed E-state index contributed by atoms with van der Waals surface area (Å²) in [5.41, 5.74) is 1.06. The van der Waals surface area contributed by atoms with Gasteiger partial charge in [-0.15, -0.1) is 0 Å². The molecule has 1 aliphatic rings. The first kappa shape index (κ1) is 22.0. The second-order valence-electron chi connectivity index (χ2n) is 7.67. The van der Waals surface area contributed by atoms with Crippen LogP contribution in [-0.2, 0) is 18.3 Å². The number of fused-ring (bicyclic) bond motifs is 1. The van der Waals surface area contributed by atoms with Crippen molar-refractivity contribution in [2.45, 2.75) is 39.9 Å². The number of aromatic nitrogens is 1. The number of ether oxygens (including phenoxy) is 1. The van der Waals surface area contributed by atoms with E-state index in [4.69, 9.17) is 23.2 Å². The fourth-order valence-corrected chi connectivity index (χ4v) is 5.69. The largest absolute Gasteiger partial charge is 0.419 e. The molecule has 166 valence electrons. The van der Waals surface area contributed by atoms with Gasteiger partial charge in [0.15, 0.2) is 0 Å². The number of nitrogens with zero attached hydrogens (tertiary/aromatic N) is 2. The Kier molecular flexibility index (Phi) is 6.49. The average Bonchev–Trinajstić information content (AvgIpc) is 3.19. The van der Waals surface area contributed by atoms with Crippen molar-refractivity contribution in [2.75, 3.05) is 31.2 Å². The maximum atomic E-state index is 13.7. The van der Waals surface area contributed by atoms with Crippen LogP contribution in [-0.4, -0.2) is 43.5 Å². The van der Waals surface area contributed by atoms with Gasteiger partial charge in [0.1, 0.15) is 0 Å². The van der Waals surface area contributed by atoms with Gasteiger partial charge < -0.3 is 23.1 Å². The van der Waals surface area contributed by atoms with Crippen molar-refractivity contribution in [3.05, 3.63) is 42.5 Å². The van der Waals surface area contributed by atoms with Crippen LogP contribution < -0.4 is 10.3 Å². The fourth-order valence-electron chi connectivity index (χ4n) is 4.06. The van der Waals surface area contributed by atoms with Crippen molar-refractivity contribution in [3.8, 4) is 11.5 Å². The molecule has 1 aromatic heterocycles. The minimum Gasteiger partial charge on any atom is -0.419 e. The minimum absolute atomic E-state index is 0.00118. The quantitative estimate of drug-likeness (QED) is 0.475. The van der Waals surface area contributed by atoms with Crippen molar-refractivity contribution in [1.29, 1.82) is 0 Å². The predicted octanol–water partition coefficient (Wildman–Crippen LogP) is 5.00. The molecule has 0 unspecified atom stereocenters. The molecule has 0 saturated carbocycles. The molecule has 4 rings (SSSR count). The first-order valence-electron chi connectivity index (χ1n) is 10.7. The highest BCUT2D eigenvalue weighted by Crippen LogP contribution is 2.50. The third-order valence-corrected chi connectivity index (χ3v) is 7.18. The molecule has 2 aromatic carbocycles. The Balaban J connectivity index is 1.88. The second-order valence-corrected chi connectivity index (χ2v) is 9.60. The molecule has 1 fully saturated rings. The van der Waals surface area contributed by atoms with E-state index in [1.54, 1.807) is 13.8 Å². The third kappa shape index (κ3) is 4.41. The van der Waals surface area contributed by atoms with Crippen LogP contribution in [0.4, 0.5) is 5.88 Å². The van der Waals surface area contributed by atoms with Gasteiger partial charge in [-0.25, -0.2) is 0 Å². The number of hydrogen-bond acceptors (Lipinski definition) is 7. The van der Waals surface area contributed by atoms with Gasteiger partial charge in [0.25, 0.3) is 0 Å². The minimum atomic E-state index is -3.66. The zero-order valence-corrected chi connectivity index (χ0v) is 19.3. The van der Waals surface area contributed by atoms with Gasteiger partial charge in [0.2, 0.25) is 17.2 Å². The van der Waals surface area contributed by atoms with Crippen LogP contribution in [0.5, 0.6) is 0 Å². The molecule has 8 heteroatoms. The molecule has 0 aliphatic carbocycles. The van der Waals surface area contributed by atoms with Gasteiger partial charge in [0, 0.05) is 18.7 Å². The molecule has 1 saturated heterocycles. The fraction of sp³-hybridized carbons (Fsp3) is 0.435. The van der Waals surface area contributed by atoms with Gasteiger partial charge in [0.05, 0.1) is 25.4 Å². The lowest BCUT2D eigenvalue weighted by Gasteiger charge is -2.35. The van der Waals surface area contributed by atoms with E-state index in [0.29, 0.717) is 24.9 Å². The number of hydrogen-bond donors (Lipinski definition) is 0. The average molecular weight is 444 g/mol.